The number of carbonyl (C=O) groups is 3. The quantitative estimate of drug-likeness (QED) is 0.450. The van der Waals surface area contributed by atoms with Crippen molar-refractivity contribution < 1.29 is 29.0 Å². The fourth-order valence-electron chi connectivity index (χ4n) is 2.69. The SMILES string of the molecule is COC(=O)c1c[nH]c(=O)c(C(CC(N)=O)c2cccc(OCC(N)=O)c2)c1O. The van der Waals surface area contributed by atoms with E-state index in [0.29, 0.717) is 5.56 Å². The van der Waals surface area contributed by atoms with E-state index < -0.39 is 35.0 Å². The fourth-order valence-corrected chi connectivity index (χ4v) is 2.69. The molecule has 1 aromatic carbocycles. The van der Waals surface area contributed by atoms with Crippen molar-refractivity contribution in [2.75, 3.05) is 13.7 Å². The first-order valence-electron chi connectivity index (χ1n) is 8.06. The lowest BCUT2D eigenvalue weighted by Crippen LogP contribution is -2.24. The Morgan fingerprint density at radius 2 is 1.93 bits per heavy atom. The molecule has 10 heteroatoms. The highest BCUT2D eigenvalue weighted by molar-refractivity contribution is 5.92. The fraction of sp³-hybridized carbons (Fsp3) is 0.222. The van der Waals surface area contributed by atoms with Crippen molar-refractivity contribution >= 4 is 17.8 Å². The van der Waals surface area contributed by atoms with E-state index in [1.165, 1.54) is 6.07 Å². The van der Waals surface area contributed by atoms with Crippen LogP contribution in [0.1, 0.15) is 33.8 Å². The molecule has 2 amide bonds. The van der Waals surface area contributed by atoms with Gasteiger partial charge in [-0.05, 0) is 17.7 Å². The van der Waals surface area contributed by atoms with Crippen molar-refractivity contribution in [3.05, 3.63) is 57.5 Å². The summed E-state index contributed by atoms with van der Waals surface area (Å²) in [6.07, 6.45) is 0.682. The van der Waals surface area contributed by atoms with Gasteiger partial charge >= 0.3 is 5.97 Å². The molecule has 0 saturated heterocycles. The molecule has 1 atom stereocenters. The van der Waals surface area contributed by atoms with Crippen LogP contribution in [-0.2, 0) is 14.3 Å². The molecule has 0 bridgehead atoms. The zero-order chi connectivity index (χ0) is 20.8. The molecule has 2 aromatic rings. The predicted molar refractivity (Wildman–Crippen MR) is 96.9 cm³/mol. The molecule has 28 heavy (non-hydrogen) atoms. The van der Waals surface area contributed by atoms with Crippen LogP contribution in [0.3, 0.4) is 0 Å². The standard InChI is InChI=1S/C18H19N3O7/c1-27-18(26)12-7-21-17(25)15(16(12)24)11(6-13(19)22)9-3-2-4-10(5-9)28-8-14(20)23/h2-5,7,11H,6,8H2,1H3,(H2,19,22)(H2,20,23)(H2,21,24,25). The lowest BCUT2D eigenvalue weighted by molar-refractivity contribution is -0.120. The van der Waals surface area contributed by atoms with Crippen molar-refractivity contribution in [3.63, 3.8) is 0 Å². The molecule has 2 rings (SSSR count). The van der Waals surface area contributed by atoms with Gasteiger partial charge < -0.3 is 31.0 Å². The van der Waals surface area contributed by atoms with E-state index >= 15 is 0 Å². The summed E-state index contributed by atoms with van der Waals surface area (Å²) >= 11 is 0. The number of nitrogens with two attached hydrogens (primary N) is 2. The number of ether oxygens (including phenoxy) is 2. The number of hydrogen-bond acceptors (Lipinski definition) is 7. The first-order valence-corrected chi connectivity index (χ1v) is 8.06. The van der Waals surface area contributed by atoms with Crippen LogP contribution in [0.5, 0.6) is 11.5 Å². The summed E-state index contributed by atoms with van der Waals surface area (Å²) in [5.41, 5.74) is 9.54. The van der Waals surface area contributed by atoms with E-state index in [4.69, 9.17) is 16.2 Å². The Morgan fingerprint density at radius 3 is 2.54 bits per heavy atom. The van der Waals surface area contributed by atoms with Gasteiger partial charge in [0.1, 0.15) is 17.1 Å². The van der Waals surface area contributed by atoms with Gasteiger partial charge in [0, 0.05) is 18.5 Å². The highest BCUT2D eigenvalue weighted by Crippen LogP contribution is 2.34. The molecule has 0 aliphatic carbocycles. The van der Waals surface area contributed by atoms with E-state index in [2.05, 4.69) is 9.72 Å². The lowest BCUT2D eigenvalue weighted by Gasteiger charge is -2.18. The van der Waals surface area contributed by atoms with Crippen LogP contribution in [0.4, 0.5) is 0 Å². The number of benzene rings is 1. The van der Waals surface area contributed by atoms with Gasteiger partial charge in [-0.2, -0.15) is 0 Å². The second kappa shape index (κ2) is 8.71. The number of hydrogen-bond donors (Lipinski definition) is 4. The number of amides is 2. The summed E-state index contributed by atoms with van der Waals surface area (Å²) in [6.45, 7) is -0.367. The van der Waals surface area contributed by atoms with Crippen LogP contribution in [0, 0.1) is 0 Å². The molecule has 0 aliphatic heterocycles. The van der Waals surface area contributed by atoms with Gasteiger partial charge in [-0.1, -0.05) is 12.1 Å². The summed E-state index contributed by atoms with van der Waals surface area (Å²) < 4.78 is 9.80. The van der Waals surface area contributed by atoms with Gasteiger partial charge in [-0.15, -0.1) is 0 Å². The maximum absolute atomic E-state index is 12.4. The number of pyridine rings is 1. The second-order valence-electron chi connectivity index (χ2n) is 5.84. The Morgan fingerprint density at radius 1 is 1.21 bits per heavy atom. The molecule has 1 unspecified atom stereocenters. The third-order valence-electron chi connectivity index (χ3n) is 3.90. The van der Waals surface area contributed by atoms with E-state index in [-0.39, 0.29) is 29.9 Å². The number of carbonyl (C=O) groups excluding carboxylic acids is 3. The number of nitrogens with one attached hydrogen (secondary N) is 1. The average molecular weight is 389 g/mol. The predicted octanol–water partition coefficient (Wildman–Crippen LogP) is -0.261. The Bertz CT molecular complexity index is 968. The Hall–Kier alpha value is -3.82. The smallest absolute Gasteiger partial charge is 0.343 e. The monoisotopic (exact) mass is 389 g/mol. The van der Waals surface area contributed by atoms with Crippen molar-refractivity contribution in [2.24, 2.45) is 11.5 Å². The Kier molecular flexibility index (Phi) is 6.38. The molecule has 1 heterocycles. The van der Waals surface area contributed by atoms with Gasteiger partial charge in [0.25, 0.3) is 11.5 Å². The topological polar surface area (TPSA) is 175 Å². The van der Waals surface area contributed by atoms with Crippen molar-refractivity contribution in [2.45, 2.75) is 12.3 Å². The number of aromatic amines is 1. The molecule has 0 fully saturated rings. The van der Waals surface area contributed by atoms with Crippen molar-refractivity contribution in [1.29, 1.82) is 0 Å². The van der Waals surface area contributed by atoms with E-state index in [1.807, 2.05) is 0 Å². The first-order chi connectivity index (χ1) is 13.2. The van der Waals surface area contributed by atoms with Gasteiger partial charge in [0.15, 0.2) is 6.61 Å². The normalized spacial score (nSPS) is 11.5. The number of aromatic hydroxyl groups is 1. The maximum Gasteiger partial charge on any atom is 0.343 e. The number of rotatable bonds is 8. The molecule has 0 spiro atoms. The third-order valence-corrected chi connectivity index (χ3v) is 3.90. The molecule has 1 aromatic heterocycles. The zero-order valence-corrected chi connectivity index (χ0v) is 14.9. The van der Waals surface area contributed by atoms with Crippen LogP contribution in [-0.4, -0.2) is 41.6 Å². The van der Waals surface area contributed by atoms with E-state index in [1.54, 1.807) is 18.2 Å². The minimum Gasteiger partial charge on any atom is -0.506 e. The van der Waals surface area contributed by atoms with Crippen molar-refractivity contribution in [1.82, 2.24) is 4.98 Å². The van der Waals surface area contributed by atoms with E-state index in [9.17, 15) is 24.3 Å². The Balaban J connectivity index is 2.58. The van der Waals surface area contributed by atoms with Crippen LogP contribution in [0.15, 0.2) is 35.3 Å². The van der Waals surface area contributed by atoms with Crippen LogP contribution >= 0.6 is 0 Å². The minimum atomic E-state index is -0.983. The number of methoxy groups -OCH3 is 1. The average Bonchev–Trinajstić information content (AvgIpc) is 2.65. The summed E-state index contributed by atoms with van der Waals surface area (Å²) in [6, 6.07) is 6.16. The highest BCUT2D eigenvalue weighted by Gasteiger charge is 2.27. The molecular formula is C18H19N3O7. The zero-order valence-electron chi connectivity index (χ0n) is 14.9. The Labute approximate surface area is 159 Å². The van der Waals surface area contributed by atoms with Gasteiger partial charge in [0.2, 0.25) is 5.91 Å². The molecule has 0 aliphatic rings. The van der Waals surface area contributed by atoms with Gasteiger partial charge in [-0.3, -0.25) is 14.4 Å². The number of esters is 1. The van der Waals surface area contributed by atoms with Crippen molar-refractivity contribution in [3.8, 4) is 11.5 Å². The largest absolute Gasteiger partial charge is 0.506 e. The third kappa shape index (κ3) is 4.67. The first kappa shape index (κ1) is 20.5. The van der Waals surface area contributed by atoms with Gasteiger partial charge in [-0.25, -0.2) is 4.79 Å². The number of aromatic nitrogens is 1. The van der Waals surface area contributed by atoms with Crippen LogP contribution < -0.4 is 21.8 Å². The number of primary amides is 2. The van der Waals surface area contributed by atoms with Gasteiger partial charge in [0.05, 0.1) is 12.7 Å². The lowest BCUT2D eigenvalue weighted by atomic mass is 9.87. The minimum absolute atomic E-state index is 0.228. The van der Waals surface area contributed by atoms with E-state index in [0.717, 1.165) is 13.3 Å². The molecule has 148 valence electrons. The molecule has 10 nitrogen and oxygen atoms in total. The molecular weight excluding hydrogens is 370 g/mol. The van der Waals surface area contributed by atoms with Crippen LogP contribution in [0.2, 0.25) is 0 Å². The molecule has 0 radical (unpaired) electrons. The molecule has 6 N–H and O–H groups in total. The van der Waals surface area contributed by atoms with Crippen LogP contribution in [0.25, 0.3) is 0 Å². The summed E-state index contributed by atoms with van der Waals surface area (Å²) in [5, 5.41) is 10.5. The summed E-state index contributed by atoms with van der Waals surface area (Å²) in [7, 11) is 1.12. The summed E-state index contributed by atoms with van der Waals surface area (Å²) in [5.74, 6) is -3.64. The maximum atomic E-state index is 12.4. The highest BCUT2D eigenvalue weighted by atomic mass is 16.5. The molecule has 0 saturated carbocycles. The second-order valence-corrected chi connectivity index (χ2v) is 5.84. The number of H-pyrrole nitrogens is 1. The summed E-state index contributed by atoms with van der Waals surface area (Å²) in [4.78, 5) is 49.0.